The van der Waals surface area contributed by atoms with Crippen LogP contribution >= 0.6 is 0 Å². The van der Waals surface area contributed by atoms with E-state index in [9.17, 15) is 4.79 Å². The molecule has 148 valence electrons. The molecule has 1 amide bonds. The van der Waals surface area contributed by atoms with Crippen LogP contribution in [0, 0.1) is 5.92 Å². The van der Waals surface area contributed by atoms with Gasteiger partial charge >= 0.3 is 6.09 Å². The van der Waals surface area contributed by atoms with Crippen LogP contribution in [-0.2, 0) is 17.8 Å². The van der Waals surface area contributed by atoms with Crippen LogP contribution < -0.4 is 0 Å². The highest BCUT2D eigenvalue weighted by molar-refractivity contribution is 5.69. The number of amides is 1. The molecule has 0 aromatic heterocycles. The Bertz CT molecular complexity index is 774. The molecule has 0 spiro atoms. The van der Waals surface area contributed by atoms with Crippen LogP contribution in [0.25, 0.3) is 0 Å². The number of hydrogen-bond donors (Lipinski definition) is 0. The van der Waals surface area contributed by atoms with Crippen molar-refractivity contribution in [3.05, 3.63) is 71.8 Å². The van der Waals surface area contributed by atoms with Crippen LogP contribution in [0.15, 0.2) is 60.7 Å². The normalized spacial score (nSPS) is 23.6. The zero-order chi connectivity index (χ0) is 19.8. The number of fused-ring (bicyclic) bond motifs is 1. The van der Waals surface area contributed by atoms with Gasteiger partial charge in [0.25, 0.3) is 0 Å². The highest BCUT2D eigenvalue weighted by atomic mass is 16.6. The fraction of sp³-hybridized carbons (Fsp3) is 0.458. The molecule has 1 heterocycles. The molecule has 0 radical (unpaired) electrons. The summed E-state index contributed by atoms with van der Waals surface area (Å²) in [5, 5.41) is 0. The number of benzene rings is 2. The van der Waals surface area contributed by atoms with Gasteiger partial charge in [0, 0.05) is 31.7 Å². The Morgan fingerprint density at radius 3 is 2.07 bits per heavy atom. The molecule has 2 atom stereocenters. The van der Waals surface area contributed by atoms with Crippen LogP contribution in [0.4, 0.5) is 4.79 Å². The van der Waals surface area contributed by atoms with E-state index in [0.29, 0.717) is 5.92 Å². The molecule has 2 unspecified atom stereocenters. The summed E-state index contributed by atoms with van der Waals surface area (Å²) in [5.41, 5.74) is 2.25. The molecule has 4 heteroatoms. The van der Waals surface area contributed by atoms with Crippen molar-refractivity contribution in [1.82, 2.24) is 9.80 Å². The minimum atomic E-state index is -0.454. The van der Waals surface area contributed by atoms with Crippen LogP contribution in [0.3, 0.4) is 0 Å². The lowest BCUT2D eigenvalue weighted by Gasteiger charge is -2.33. The zero-order valence-corrected chi connectivity index (χ0v) is 17.1. The third kappa shape index (κ3) is 4.07. The smallest absolute Gasteiger partial charge is 0.410 e. The van der Waals surface area contributed by atoms with Crippen molar-refractivity contribution in [3.8, 4) is 0 Å². The third-order valence-electron chi connectivity index (χ3n) is 5.82. The number of ether oxygens (including phenoxy) is 1. The van der Waals surface area contributed by atoms with Crippen molar-refractivity contribution in [3.63, 3.8) is 0 Å². The van der Waals surface area contributed by atoms with Crippen LogP contribution in [-0.4, -0.2) is 40.1 Å². The second-order valence-electron chi connectivity index (χ2n) is 9.19. The fourth-order valence-corrected chi connectivity index (χ4v) is 4.39. The molecular weight excluding hydrogens is 348 g/mol. The summed E-state index contributed by atoms with van der Waals surface area (Å²) in [6.07, 6.45) is 0.977. The molecule has 2 aromatic rings. The van der Waals surface area contributed by atoms with Gasteiger partial charge in [-0.25, -0.2) is 4.79 Å². The Kier molecular flexibility index (Phi) is 4.92. The second kappa shape index (κ2) is 7.25. The first-order valence-corrected chi connectivity index (χ1v) is 10.2. The van der Waals surface area contributed by atoms with Crippen molar-refractivity contribution in [1.29, 1.82) is 0 Å². The molecule has 1 saturated heterocycles. The van der Waals surface area contributed by atoms with Gasteiger partial charge in [-0.05, 0) is 44.2 Å². The Morgan fingerprint density at radius 2 is 1.57 bits per heavy atom. The van der Waals surface area contributed by atoms with E-state index in [0.717, 1.165) is 32.6 Å². The average Bonchev–Trinajstić information content (AvgIpc) is 3.23. The maximum absolute atomic E-state index is 12.6. The molecule has 1 saturated carbocycles. The molecule has 0 N–H and O–H groups in total. The second-order valence-corrected chi connectivity index (χ2v) is 9.19. The number of hydrogen-bond acceptors (Lipinski definition) is 3. The topological polar surface area (TPSA) is 32.8 Å². The average molecular weight is 379 g/mol. The van der Waals surface area contributed by atoms with E-state index in [4.69, 9.17) is 4.74 Å². The first kappa shape index (κ1) is 19.0. The number of rotatable bonds is 5. The van der Waals surface area contributed by atoms with Crippen molar-refractivity contribution in [2.24, 2.45) is 5.92 Å². The van der Waals surface area contributed by atoms with Gasteiger partial charge in [0.15, 0.2) is 0 Å². The van der Waals surface area contributed by atoms with E-state index in [1.165, 1.54) is 11.1 Å². The number of likely N-dealkylation sites (tertiary alicyclic amines) is 1. The molecule has 28 heavy (non-hydrogen) atoms. The summed E-state index contributed by atoms with van der Waals surface area (Å²) in [6, 6.07) is 21.3. The van der Waals surface area contributed by atoms with Crippen LogP contribution in [0.5, 0.6) is 0 Å². The summed E-state index contributed by atoms with van der Waals surface area (Å²) in [6.45, 7) is 9.13. The lowest BCUT2D eigenvalue weighted by Crippen LogP contribution is -2.44. The minimum absolute atomic E-state index is 0.0720. The highest BCUT2D eigenvalue weighted by Crippen LogP contribution is 2.55. The lowest BCUT2D eigenvalue weighted by atomic mass is 10.1. The first-order valence-electron chi connectivity index (χ1n) is 10.2. The molecule has 1 aliphatic heterocycles. The van der Waals surface area contributed by atoms with E-state index in [1.807, 2.05) is 25.7 Å². The van der Waals surface area contributed by atoms with Crippen LogP contribution in [0.2, 0.25) is 0 Å². The maximum Gasteiger partial charge on any atom is 0.410 e. The van der Waals surface area contributed by atoms with Crippen molar-refractivity contribution in [2.75, 3.05) is 13.1 Å². The van der Waals surface area contributed by atoms with E-state index < -0.39 is 5.60 Å². The predicted octanol–water partition coefficient (Wildman–Crippen LogP) is 4.70. The van der Waals surface area contributed by atoms with Gasteiger partial charge in [-0.2, -0.15) is 0 Å². The number of carbonyl (C=O) groups is 1. The quantitative estimate of drug-likeness (QED) is 0.756. The molecule has 4 nitrogen and oxygen atoms in total. The number of piperidine rings is 1. The third-order valence-corrected chi connectivity index (χ3v) is 5.82. The van der Waals surface area contributed by atoms with Gasteiger partial charge in [0.1, 0.15) is 5.60 Å². The van der Waals surface area contributed by atoms with Crippen molar-refractivity contribution in [2.45, 2.75) is 51.4 Å². The summed E-state index contributed by atoms with van der Waals surface area (Å²) in [4.78, 5) is 17.1. The summed E-state index contributed by atoms with van der Waals surface area (Å²) < 4.78 is 5.62. The molecular formula is C24H30N2O2. The first-order chi connectivity index (χ1) is 13.4. The highest BCUT2D eigenvalue weighted by Gasteiger charge is 2.64. The summed E-state index contributed by atoms with van der Waals surface area (Å²) in [7, 11) is 0. The monoisotopic (exact) mass is 378 g/mol. The Balaban J connectivity index is 1.52. The Morgan fingerprint density at radius 1 is 1.04 bits per heavy atom. The summed E-state index contributed by atoms with van der Waals surface area (Å²) in [5.74, 6) is 0.535. The number of nitrogens with zero attached hydrogens (tertiary/aromatic N) is 2. The molecule has 2 aromatic carbocycles. The SMILES string of the molecule is CC(C)(C)OC(=O)N1CC2CC2(N(Cc2ccccc2)Cc2ccccc2)C1. The van der Waals surface area contributed by atoms with Gasteiger partial charge in [-0.15, -0.1) is 0 Å². The van der Waals surface area contributed by atoms with E-state index in [-0.39, 0.29) is 11.6 Å². The zero-order valence-electron chi connectivity index (χ0n) is 17.1. The van der Waals surface area contributed by atoms with E-state index in [2.05, 4.69) is 65.6 Å². The Labute approximate surface area is 168 Å². The summed E-state index contributed by atoms with van der Waals surface area (Å²) >= 11 is 0. The van der Waals surface area contributed by atoms with Gasteiger partial charge in [0.05, 0.1) is 0 Å². The van der Waals surface area contributed by atoms with Gasteiger partial charge in [-0.3, -0.25) is 4.90 Å². The fourth-order valence-electron chi connectivity index (χ4n) is 4.39. The van der Waals surface area contributed by atoms with Gasteiger partial charge in [0.2, 0.25) is 0 Å². The van der Waals surface area contributed by atoms with Crippen LogP contribution in [0.1, 0.15) is 38.3 Å². The van der Waals surface area contributed by atoms with Gasteiger partial charge < -0.3 is 9.64 Å². The molecule has 4 rings (SSSR count). The largest absolute Gasteiger partial charge is 0.444 e. The lowest BCUT2D eigenvalue weighted by molar-refractivity contribution is 0.0237. The standard InChI is InChI=1S/C24H30N2O2/c1-23(2,3)28-22(27)25-17-21-14-24(21,18-25)26(15-19-10-6-4-7-11-19)16-20-12-8-5-9-13-20/h4-13,21H,14-18H2,1-3H3. The Hall–Kier alpha value is -2.33. The van der Waals surface area contributed by atoms with Crippen molar-refractivity contribution < 1.29 is 9.53 Å². The van der Waals surface area contributed by atoms with Crippen molar-refractivity contribution >= 4 is 6.09 Å². The maximum atomic E-state index is 12.6. The van der Waals surface area contributed by atoms with E-state index in [1.54, 1.807) is 0 Å². The predicted molar refractivity (Wildman–Crippen MR) is 111 cm³/mol. The molecule has 1 aliphatic carbocycles. The van der Waals surface area contributed by atoms with Gasteiger partial charge in [-0.1, -0.05) is 60.7 Å². The number of carbonyl (C=O) groups excluding carboxylic acids is 1. The molecule has 0 bridgehead atoms. The molecule has 2 fully saturated rings. The molecule has 2 aliphatic rings. The minimum Gasteiger partial charge on any atom is -0.444 e. The van der Waals surface area contributed by atoms with E-state index >= 15 is 0 Å².